The number of allylic oxidation sites excluding steroid dienone is 1. The molecule has 2 saturated carbocycles. The van der Waals surface area contributed by atoms with Gasteiger partial charge in [0, 0.05) is 23.1 Å². The Kier molecular flexibility index (Phi) is 11.3. The van der Waals surface area contributed by atoms with Gasteiger partial charge in [-0.25, -0.2) is 27.0 Å². The minimum atomic E-state index is -4.41. The Bertz CT molecular complexity index is 2020. The normalized spacial score (nSPS) is 29.8. The lowest BCUT2D eigenvalue weighted by Crippen LogP contribution is -2.59. The van der Waals surface area contributed by atoms with E-state index in [0.29, 0.717) is 35.8 Å². The Labute approximate surface area is 325 Å². The van der Waals surface area contributed by atoms with Gasteiger partial charge < -0.3 is 29.7 Å². The fourth-order valence-electron chi connectivity index (χ4n) is 7.76. The highest BCUT2D eigenvalue weighted by Gasteiger charge is 2.64. The molecular formula is C39H51F2N5O9S. The summed E-state index contributed by atoms with van der Waals surface area (Å²) in [6.07, 6.45) is 5.35. The van der Waals surface area contributed by atoms with E-state index >= 15 is 0 Å². The molecule has 0 bridgehead atoms. The first-order chi connectivity index (χ1) is 26.3. The monoisotopic (exact) mass is 803 g/mol. The summed E-state index contributed by atoms with van der Waals surface area (Å²) < 4.78 is 72.1. The number of nitrogens with one attached hydrogen (secondary N) is 3. The maximum atomic E-state index is 14.7. The molecule has 0 radical (unpaired) electrons. The molecule has 4 aliphatic rings. The van der Waals surface area contributed by atoms with Crippen LogP contribution in [-0.2, 0) is 29.1 Å². The van der Waals surface area contributed by atoms with Crippen molar-refractivity contribution in [2.75, 3.05) is 20.3 Å². The Morgan fingerprint density at radius 1 is 1.12 bits per heavy atom. The lowest BCUT2D eigenvalue weighted by molar-refractivity contribution is -0.142. The maximum absolute atomic E-state index is 14.7. The lowest BCUT2D eigenvalue weighted by atomic mass is 9.88. The van der Waals surface area contributed by atoms with Crippen LogP contribution >= 0.6 is 0 Å². The van der Waals surface area contributed by atoms with E-state index in [0.717, 1.165) is 0 Å². The van der Waals surface area contributed by atoms with Gasteiger partial charge in [0.15, 0.2) is 0 Å². The number of carbonyl (C=O) groups excluding carboxylic acids is 4. The number of halogens is 2. The number of nitrogens with zero attached hydrogens (tertiary/aromatic N) is 2. The molecule has 1 unspecified atom stereocenters. The summed E-state index contributed by atoms with van der Waals surface area (Å²) in [5.41, 5.74) is -2.56. The van der Waals surface area contributed by atoms with Crippen LogP contribution < -0.4 is 24.8 Å². The van der Waals surface area contributed by atoms with Crippen molar-refractivity contribution in [2.24, 2.45) is 17.8 Å². The van der Waals surface area contributed by atoms with Crippen LogP contribution in [0.15, 0.2) is 36.5 Å². The van der Waals surface area contributed by atoms with Crippen molar-refractivity contribution in [3.8, 4) is 11.6 Å². The Hall–Kier alpha value is -4.54. The van der Waals surface area contributed by atoms with Crippen LogP contribution in [0.4, 0.5) is 13.6 Å². The van der Waals surface area contributed by atoms with Crippen molar-refractivity contribution in [3.63, 3.8) is 0 Å². The van der Waals surface area contributed by atoms with E-state index in [4.69, 9.17) is 14.2 Å². The van der Waals surface area contributed by atoms with Gasteiger partial charge in [-0.3, -0.25) is 19.1 Å². The topological polar surface area (TPSA) is 182 Å². The van der Waals surface area contributed by atoms with Gasteiger partial charge in [0.1, 0.15) is 52.3 Å². The predicted molar refractivity (Wildman–Crippen MR) is 201 cm³/mol. The smallest absolute Gasteiger partial charge is 0.408 e. The number of amides is 4. The number of methoxy groups -OCH3 is 1. The SMILES string of the molecule is COc1cnc(O[C@@H]2C[C@H]3C(=O)N[C@]4(C(=O)NS(=O)(=O)C5(CF)CC5)CC4/C=C\CC[C@@H](C)C[C@@H](C)[C@H](NC(=O)OC(C)(C)C)C(=O)N3C2)c2ccc(F)cc12. The molecule has 1 saturated heterocycles. The number of alkyl halides is 1. The van der Waals surface area contributed by atoms with Crippen LogP contribution in [0.3, 0.4) is 0 Å². The molecule has 2 aromatic rings. The van der Waals surface area contributed by atoms with Gasteiger partial charge in [-0.2, -0.15) is 0 Å². The number of aromatic nitrogens is 1. The molecule has 2 aliphatic carbocycles. The summed E-state index contributed by atoms with van der Waals surface area (Å²) >= 11 is 0. The largest absolute Gasteiger partial charge is 0.494 e. The van der Waals surface area contributed by atoms with Crippen molar-refractivity contribution in [2.45, 2.75) is 114 Å². The number of pyridine rings is 1. The van der Waals surface area contributed by atoms with E-state index in [1.807, 2.05) is 19.9 Å². The van der Waals surface area contributed by atoms with Crippen LogP contribution in [0.2, 0.25) is 0 Å². The number of rotatable bonds is 8. The average molecular weight is 804 g/mol. The number of fused-ring (bicyclic) bond motifs is 3. The van der Waals surface area contributed by atoms with Crippen molar-refractivity contribution < 1.29 is 50.6 Å². The summed E-state index contributed by atoms with van der Waals surface area (Å²) in [6.45, 7) is 7.67. The molecule has 14 nitrogen and oxygen atoms in total. The van der Waals surface area contributed by atoms with Gasteiger partial charge in [-0.1, -0.05) is 26.0 Å². The van der Waals surface area contributed by atoms with Crippen LogP contribution in [0.1, 0.15) is 79.6 Å². The van der Waals surface area contributed by atoms with Gasteiger partial charge >= 0.3 is 6.09 Å². The number of hydrogen-bond acceptors (Lipinski definition) is 10. The second-order valence-electron chi connectivity index (χ2n) is 16.8. The minimum Gasteiger partial charge on any atom is -0.494 e. The summed E-state index contributed by atoms with van der Waals surface area (Å²) in [5, 5.41) is 6.35. The molecule has 1 aromatic carbocycles. The summed E-state index contributed by atoms with van der Waals surface area (Å²) in [6, 6.07) is 1.62. The maximum Gasteiger partial charge on any atom is 0.408 e. The van der Waals surface area contributed by atoms with E-state index in [1.54, 1.807) is 26.8 Å². The van der Waals surface area contributed by atoms with Gasteiger partial charge in [-0.15, -0.1) is 0 Å². The van der Waals surface area contributed by atoms with Gasteiger partial charge in [0.25, 0.3) is 5.91 Å². The van der Waals surface area contributed by atoms with E-state index < -0.39 is 92.2 Å². The second kappa shape index (κ2) is 15.4. The summed E-state index contributed by atoms with van der Waals surface area (Å²) in [4.78, 5) is 62.0. The van der Waals surface area contributed by atoms with E-state index in [-0.39, 0.29) is 44.0 Å². The molecule has 3 N–H and O–H groups in total. The third-order valence-corrected chi connectivity index (χ3v) is 13.3. The van der Waals surface area contributed by atoms with E-state index in [1.165, 1.54) is 36.4 Å². The van der Waals surface area contributed by atoms with Gasteiger partial charge in [-0.05, 0) is 89.3 Å². The number of hydrogen-bond donors (Lipinski definition) is 3. The van der Waals surface area contributed by atoms with Crippen molar-refractivity contribution >= 4 is 44.6 Å². The lowest BCUT2D eigenvalue weighted by Gasteiger charge is -2.33. The first kappa shape index (κ1) is 41.1. The molecule has 6 rings (SSSR count). The van der Waals surface area contributed by atoms with E-state index in [2.05, 4.69) is 20.3 Å². The van der Waals surface area contributed by atoms with Crippen molar-refractivity contribution in [3.05, 3.63) is 42.4 Å². The number of alkyl carbamates (subject to hydrolysis) is 1. The Morgan fingerprint density at radius 3 is 2.52 bits per heavy atom. The number of ether oxygens (including phenoxy) is 3. The van der Waals surface area contributed by atoms with E-state index in [9.17, 15) is 36.4 Å². The highest BCUT2D eigenvalue weighted by Crippen LogP contribution is 2.48. The summed E-state index contributed by atoms with van der Waals surface area (Å²) in [7, 11) is -2.99. The van der Waals surface area contributed by atoms with Crippen LogP contribution in [0.5, 0.6) is 11.6 Å². The number of carbonyl (C=O) groups is 4. The first-order valence-corrected chi connectivity index (χ1v) is 20.5. The molecule has 4 amide bonds. The third kappa shape index (κ3) is 8.42. The zero-order valence-electron chi connectivity index (χ0n) is 32.5. The highest BCUT2D eigenvalue weighted by molar-refractivity contribution is 7.91. The zero-order chi connectivity index (χ0) is 40.8. The average Bonchev–Trinajstić information content (AvgIpc) is 4.02. The molecule has 17 heteroatoms. The molecule has 1 aromatic heterocycles. The van der Waals surface area contributed by atoms with Crippen molar-refractivity contribution in [1.29, 1.82) is 0 Å². The summed E-state index contributed by atoms with van der Waals surface area (Å²) in [5.74, 6) is -3.32. The number of benzene rings is 1. The standard InChI is InChI=1S/C39H51F2N5O9S/c1-22-9-7-8-10-24-18-39(24,35(49)45-56(51,52)38(21-40)13-14-38)44-32(47)29-17-26(54-33-27-12-11-25(41)16-28(27)30(53-6)19-42-33)20-46(29)34(48)31(23(2)15-22)43-36(50)55-37(3,4)5/h8,10-12,16,19,22-24,26,29,31H,7,9,13-15,17-18,20-21H2,1-6H3,(H,43,50)(H,44,47)(H,45,49)/b10-8-/t22-,23-,24?,26-,29+,31+,39-/m1/s1. The molecule has 3 fully saturated rings. The molecule has 306 valence electrons. The van der Waals surface area contributed by atoms with Crippen molar-refractivity contribution in [1.82, 2.24) is 25.2 Å². The molecule has 3 heterocycles. The van der Waals surface area contributed by atoms with Crippen LogP contribution in [0, 0.1) is 23.6 Å². The van der Waals surface area contributed by atoms with Crippen LogP contribution in [0.25, 0.3) is 10.8 Å². The van der Waals surface area contributed by atoms with Gasteiger partial charge in [0.2, 0.25) is 27.7 Å². The second-order valence-corrected chi connectivity index (χ2v) is 18.9. The fourth-order valence-corrected chi connectivity index (χ4v) is 9.19. The molecule has 56 heavy (non-hydrogen) atoms. The molecular weight excluding hydrogens is 753 g/mol. The van der Waals surface area contributed by atoms with Crippen LogP contribution in [-0.4, -0.2) is 96.5 Å². The molecule has 0 spiro atoms. The molecule has 7 atom stereocenters. The predicted octanol–water partition coefficient (Wildman–Crippen LogP) is 4.46. The highest BCUT2D eigenvalue weighted by atomic mass is 32.2. The quantitative estimate of drug-likeness (QED) is 0.323. The Morgan fingerprint density at radius 2 is 1.86 bits per heavy atom. The Balaban J connectivity index is 1.36. The third-order valence-electron chi connectivity index (χ3n) is 11.2. The number of sulfonamides is 1. The van der Waals surface area contributed by atoms with Gasteiger partial charge in [0.05, 0.1) is 19.9 Å². The minimum absolute atomic E-state index is 0.0672. The molecule has 2 aliphatic heterocycles. The zero-order valence-corrected chi connectivity index (χ0v) is 33.3. The first-order valence-electron chi connectivity index (χ1n) is 19.0. The fraction of sp³-hybridized carbons (Fsp3) is 0.615.